The first-order chi connectivity index (χ1) is 5.73. The maximum atomic E-state index is 9.91. The van der Waals surface area contributed by atoms with Crippen molar-refractivity contribution >= 4 is 0 Å². The van der Waals surface area contributed by atoms with E-state index in [2.05, 4.69) is 33.8 Å². The van der Waals surface area contributed by atoms with Gasteiger partial charge in [-0.2, -0.15) is 0 Å². The minimum atomic E-state index is -0.658. The Morgan fingerprint density at radius 1 is 1.23 bits per heavy atom. The van der Waals surface area contributed by atoms with Crippen molar-refractivity contribution < 1.29 is 5.11 Å². The van der Waals surface area contributed by atoms with E-state index in [-0.39, 0.29) is 0 Å². The SMILES string of the molecule is CC(C)C=C(CC(C)C)C(C)(C)O. The molecule has 0 aromatic heterocycles. The first-order valence-corrected chi connectivity index (χ1v) is 5.17. The smallest absolute Gasteiger partial charge is 0.0800 e. The molecule has 0 aliphatic rings. The highest BCUT2D eigenvalue weighted by atomic mass is 16.3. The molecule has 0 atom stereocenters. The maximum Gasteiger partial charge on any atom is 0.0800 e. The number of hydrogen-bond donors (Lipinski definition) is 1. The predicted molar refractivity (Wildman–Crippen MR) is 58.7 cm³/mol. The lowest BCUT2D eigenvalue weighted by molar-refractivity contribution is 0.113. The van der Waals surface area contributed by atoms with Gasteiger partial charge in [0.05, 0.1) is 5.60 Å². The van der Waals surface area contributed by atoms with Gasteiger partial charge < -0.3 is 5.11 Å². The Kier molecular flexibility index (Phi) is 4.69. The van der Waals surface area contributed by atoms with Crippen LogP contribution in [-0.4, -0.2) is 10.7 Å². The molecule has 0 aromatic carbocycles. The zero-order valence-electron chi connectivity index (χ0n) is 9.89. The normalized spacial score (nSPS) is 14.4. The molecule has 0 heterocycles. The molecule has 1 N–H and O–H groups in total. The first-order valence-electron chi connectivity index (χ1n) is 5.17. The van der Waals surface area contributed by atoms with Crippen LogP contribution < -0.4 is 0 Å². The number of allylic oxidation sites excluding steroid dienone is 1. The molecule has 0 amide bonds. The second-order valence-electron chi connectivity index (χ2n) is 5.09. The molecule has 0 saturated carbocycles. The number of aliphatic hydroxyl groups is 1. The van der Waals surface area contributed by atoms with Gasteiger partial charge in [0.1, 0.15) is 0 Å². The van der Waals surface area contributed by atoms with Crippen molar-refractivity contribution in [2.24, 2.45) is 11.8 Å². The van der Waals surface area contributed by atoms with Gasteiger partial charge in [-0.1, -0.05) is 33.8 Å². The molecule has 0 fully saturated rings. The van der Waals surface area contributed by atoms with Crippen LogP contribution in [0.15, 0.2) is 11.6 Å². The van der Waals surface area contributed by atoms with Gasteiger partial charge in [-0.05, 0) is 37.7 Å². The monoisotopic (exact) mass is 184 g/mol. The minimum Gasteiger partial charge on any atom is -0.386 e. The van der Waals surface area contributed by atoms with Gasteiger partial charge in [0.15, 0.2) is 0 Å². The molecule has 0 aromatic rings. The maximum absolute atomic E-state index is 9.91. The third-order valence-electron chi connectivity index (χ3n) is 1.95. The van der Waals surface area contributed by atoms with Gasteiger partial charge in [-0.15, -0.1) is 0 Å². The van der Waals surface area contributed by atoms with E-state index in [0.29, 0.717) is 11.8 Å². The van der Waals surface area contributed by atoms with E-state index in [4.69, 9.17) is 0 Å². The molecule has 0 rings (SSSR count). The number of rotatable bonds is 4. The summed E-state index contributed by atoms with van der Waals surface area (Å²) >= 11 is 0. The van der Waals surface area contributed by atoms with E-state index in [1.54, 1.807) is 0 Å². The summed E-state index contributed by atoms with van der Waals surface area (Å²) in [5.41, 5.74) is 0.506. The Labute approximate surface area is 82.9 Å². The highest BCUT2D eigenvalue weighted by Gasteiger charge is 2.19. The number of hydrogen-bond acceptors (Lipinski definition) is 1. The van der Waals surface area contributed by atoms with Crippen molar-refractivity contribution in [1.29, 1.82) is 0 Å². The molecule has 1 nitrogen and oxygen atoms in total. The van der Waals surface area contributed by atoms with Gasteiger partial charge in [0.25, 0.3) is 0 Å². The largest absolute Gasteiger partial charge is 0.386 e. The average Bonchev–Trinajstić information content (AvgIpc) is 1.81. The predicted octanol–water partition coefficient (Wildman–Crippen LogP) is 3.39. The first kappa shape index (κ1) is 12.7. The van der Waals surface area contributed by atoms with Crippen LogP contribution in [0.25, 0.3) is 0 Å². The molecular formula is C12H24O. The van der Waals surface area contributed by atoms with Crippen molar-refractivity contribution in [1.82, 2.24) is 0 Å². The molecule has 0 saturated heterocycles. The lowest BCUT2D eigenvalue weighted by Gasteiger charge is -2.24. The van der Waals surface area contributed by atoms with Gasteiger partial charge in [0, 0.05) is 0 Å². The van der Waals surface area contributed by atoms with Crippen molar-refractivity contribution in [2.45, 2.75) is 53.6 Å². The van der Waals surface area contributed by atoms with E-state index in [1.807, 2.05) is 13.8 Å². The Bertz CT molecular complexity index is 170. The summed E-state index contributed by atoms with van der Waals surface area (Å²) in [5.74, 6) is 1.12. The zero-order chi connectivity index (χ0) is 10.6. The fourth-order valence-electron chi connectivity index (χ4n) is 1.36. The van der Waals surface area contributed by atoms with Gasteiger partial charge >= 0.3 is 0 Å². The Balaban J connectivity index is 4.57. The van der Waals surface area contributed by atoms with E-state index in [9.17, 15) is 5.11 Å². The summed E-state index contributed by atoms with van der Waals surface area (Å²) in [6, 6.07) is 0. The average molecular weight is 184 g/mol. The van der Waals surface area contributed by atoms with Gasteiger partial charge in [-0.3, -0.25) is 0 Å². The van der Waals surface area contributed by atoms with Crippen LogP contribution in [0, 0.1) is 11.8 Å². The van der Waals surface area contributed by atoms with Gasteiger partial charge in [0.2, 0.25) is 0 Å². The molecular weight excluding hydrogens is 160 g/mol. The topological polar surface area (TPSA) is 20.2 Å². The second kappa shape index (κ2) is 4.80. The second-order valence-corrected chi connectivity index (χ2v) is 5.09. The Morgan fingerprint density at radius 3 is 1.92 bits per heavy atom. The lowest BCUT2D eigenvalue weighted by atomic mass is 9.88. The van der Waals surface area contributed by atoms with Crippen molar-refractivity contribution in [3.63, 3.8) is 0 Å². The van der Waals surface area contributed by atoms with E-state index in [0.717, 1.165) is 12.0 Å². The summed E-state index contributed by atoms with van der Waals surface area (Å²) in [5, 5.41) is 9.91. The third-order valence-corrected chi connectivity index (χ3v) is 1.95. The fraction of sp³-hybridized carbons (Fsp3) is 0.833. The minimum absolute atomic E-state index is 0.514. The molecule has 0 unspecified atom stereocenters. The molecule has 0 bridgehead atoms. The highest BCUT2D eigenvalue weighted by Crippen LogP contribution is 2.24. The summed E-state index contributed by atoms with van der Waals surface area (Å²) in [7, 11) is 0. The molecule has 0 spiro atoms. The van der Waals surface area contributed by atoms with Gasteiger partial charge in [-0.25, -0.2) is 0 Å². The third kappa shape index (κ3) is 5.87. The van der Waals surface area contributed by atoms with Crippen LogP contribution in [0.2, 0.25) is 0 Å². The molecule has 1 heteroatoms. The summed E-state index contributed by atoms with van der Waals surface area (Å²) in [6.45, 7) is 12.4. The van der Waals surface area contributed by atoms with Crippen molar-refractivity contribution in [2.75, 3.05) is 0 Å². The summed E-state index contributed by atoms with van der Waals surface area (Å²) in [6.07, 6.45) is 3.17. The zero-order valence-corrected chi connectivity index (χ0v) is 9.89. The van der Waals surface area contributed by atoms with Crippen LogP contribution >= 0.6 is 0 Å². The molecule has 13 heavy (non-hydrogen) atoms. The lowest BCUT2D eigenvalue weighted by Crippen LogP contribution is -2.23. The van der Waals surface area contributed by atoms with Crippen molar-refractivity contribution in [3.05, 3.63) is 11.6 Å². The fourth-order valence-corrected chi connectivity index (χ4v) is 1.36. The molecule has 0 aliphatic carbocycles. The molecule has 78 valence electrons. The van der Waals surface area contributed by atoms with Crippen LogP contribution in [0.4, 0.5) is 0 Å². The van der Waals surface area contributed by atoms with Crippen molar-refractivity contribution in [3.8, 4) is 0 Å². The van der Waals surface area contributed by atoms with Crippen LogP contribution in [0.5, 0.6) is 0 Å². The standard InChI is InChI=1S/C12H24O/c1-9(2)7-11(8-10(3)4)12(5,6)13/h7,9-10,13H,8H2,1-6H3. The Hall–Kier alpha value is -0.300. The molecule has 0 aliphatic heterocycles. The van der Waals surface area contributed by atoms with Crippen LogP contribution in [0.1, 0.15) is 48.0 Å². The summed E-state index contributed by atoms with van der Waals surface area (Å²) < 4.78 is 0. The van der Waals surface area contributed by atoms with Crippen LogP contribution in [-0.2, 0) is 0 Å². The van der Waals surface area contributed by atoms with Crippen LogP contribution in [0.3, 0.4) is 0 Å². The molecule has 0 radical (unpaired) electrons. The highest BCUT2D eigenvalue weighted by molar-refractivity contribution is 5.14. The van der Waals surface area contributed by atoms with E-state index in [1.165, 1.54) is 0 Å². The van der Waals surface area contributed by atoms with E-state index >= 15 is 0 Å². The quantitative estimate of drug-likeness (QED) is 0.664. The Morgan fingerprint density at radius 2 is 1.69 bits per heavy atom. The van der Waals surface area contributed by atoms with E-state index < -0.39 is 5.60 Å². The summed E-state index contributed by atoms with van der Waals surface area (Å²) in [4.78, 5) is 0.